The molecular weight excluding hydrogens is 246 g/mol. The minimum Gasteiger partial charge on any atom is -0.330 e. The molecule has 2 aliphatic rings. The van der Waals surface area contributed by atoms with Crippen LogP contribution in [0.2, 0.25) is 0 Å². The van der Waals surface area contributed by atoms with Gasteiger partial charge in [-0.25, -0.2) is 0 Å². The van der Waals surface area contributed by atoms with Gasteiger partial charge in [0.1, 0.15) is 0 Å². The average Bonchev–Trinajstić information content (AvgIpc) is 2.53. The largest absolute Gasteiger partial charge is 0.330 e. The minimum absolute atomic E-state index is 0.469. The van der Waals surface area contributed by atoms with E-state index in [1.807, 2.05) is 0 Å². The highest BCUT2D eigenvalue weighted by Gasteiger charge is 2.31. The molecule has 2 fully saturated rings. The predicted molar refractivity (Wildman–Crippen MR) is 87.0 cm³/mol. The molecule has 0 aromatic carbocycles. The van der Waals surface area contributed by atoms with E-state index in [4.69, 9.17) is 5.73 Å². The Morgan fingerprint density at radius 3 is 2.35 bits per heavy atom. The first-order valence-electron chi connectivity index (χ1n) is 8.82. The lowest BCUT2D eigenvalue weighted by molar-refractivity contribution is 0.102. The Hall–Kier alpha value is -0.120. The molecule has 3 heteroatoms. The highest BCUT2D eigenvalue weighted by atomic mass is 15.2. The molecule has 0 amide bonds. The number of rotatable bonds is 6. The first-order chi connectivity index (χ1) is 9.69. The SMILES string of the molecule is CCN1CCC(N(C)CCC2(CN)CCCCC2)CC1. The molecule has 1 aliphatic heterocycles. The van der Waals surface area contributed by atoms with Crippen molar-refractivity contribution in [2.75, 3.05) is 39.8 Å². The summed E-state index contributed by atoms with van der Waals surface area (Å²) in [6, 6.07) is 0.802. The van der Waals surface area contributed by atoms with Crippen LogP contribution >= 0.6 is 0 Å². The fraction of sp³-hybridized carbons (Fsp3) is 1.00. The van der Waals surface area contributed by atoms with Crippen LogP contribution in [0.15, 0.2) is 0 Å². The van der Waals surface area contributed by atoms with Gasteiger partial charge in [-0.3, -0.25) is 0 Å². The lowest BCUT2D eigenvalue weighted by Crippen LogP contribution is -2.45. The standard InChI is InChI=1S/C17H35N3/c1-3-20-12-7-16(8-13-20)19(2)14-11-17(15-18)9-5-4-6-10-17/h16H,3-15,18H2,1-2H3. The molecule has 0 unspecified atom stereocenters. The van der Waals surface area contributed by atoms with Crippen molar-refractivity contribution in [1.29, 1.82) is 0 Å². The third-order valence-corrected chi connectivity index (χ3v) is 5.97. The second-order valence-electron chi connectivity index (χ2n) is 7.16. The Morgan fingerprint density at radius 2 is 1.80 bits per heavy atom. The Balaban J connectivity index is 1.75. The molecule has 0 spiro atoms. The summed E-state index contributed by atoms with van der Waals surface area (Å²) in [6.45, 7) is 8.20. The van der Waals surface area contributed by atoms with E-state index >= 15 is 0 Å². The van der Waals surface area contributed by atoms with Crippen LogP contribution in [0, 0.1) is 5.41 Å². The van der Waals surface area contributed by atoms with Gasteiger partial charge in [-0.05, 0) is 77.3 Å². The molecule has 0 atom stereocenters. The van der Waals surface area contributed by atoms with Gasteiger partial charge in [0.2, 0.25) is 0 Å². The van der Waals surface area contributed by atoms with Crippen molar-refractivity contribution in [2.24, 2.45) is 11.1 Å². The fourth-order valence-corrected chi connectivity index (χ4v) is 4.13. The molecule has 0 radical (unpaired) electrons. The Kier molecular flexibility index (Phi) is 6.31. The maximum Gasteiger partial charge on any atom is 0.0117 e. The third kappa shape index (κ3) is 4.19. The Morgan fingerprint density at radius 1 is 1.15 bits per heavy atom. The topological polar surface area (TPSA) is 32.5 Å². The minimum atomic E-state index is 0.469. The summed E-state index contributed by atoms with van der Waals surface area (Å²) in [5.74, 6) is 0. The molecule has 1 saturated carbocycles. The van der Waals surface area contributed by atoms with Gasteiger partial charge < -0.3 is 15.5 Å². The van der Waals surface area contributed by atoms with E-state index in [-0.39, 0.29) is 0 Å². The summed E-state index contributed by atoms with van der Waals surface area (Å²) < 4.78 is 0. The number of likely N-dealkylation sites (tertiary alicyclic amines) is 1. The monoisotopic (exact) mass is 281 g/mol. The molecular formula is C17H35N3. The van der Waals surface area contributed by atoms with Gasteiger partial charge in [0.25, 0.3) is 0 Å². The van der Waals surface area contributed by atoms with Crippen LogP contribution < -0.4 is 5.73 Å². The highest BCUT2D eigenvalue weighted by Crippen LogP contribution is 2.38. The van der Waals surface area contributed by atoms with Crippen LogP contribution in [0.3, 0.4) is 0 Å². The van der Waals surface area contributed by atoms with Crippen molar-refractivity contribution in [2.45, 2.75) is 64.3 Å². The van der Waals surface area contributed by atoms with Crippen molar-refractivity contribution in [3.8, 4) is 0 Å². The number of hydrogen-bond acceptors (Lipinski definition) is 3. The smallest absolute Gasteiger partial charge is 0.0117 e. The second-order valence-corrected chi connectivity index (χ2v) is 7.16. The molecule has 118 valence electrons. The fourth-order valence-electron chi connectivity index (χ4n) is 4.13. The van der Waals surface area contributed by atoms with E-state index in [0.29, 0.717) is 5.41 Å². The maximum absolute atomic E-state index is 6.11. The number of nitrogens with zero attached hydrogens (tertiary/aromatic N) is 2. The number of piperidine rings is 1. The van der Waals surface area contributed by atoms with E-state index < -0.39 is 0 Å². The van der Waals surface area contributed by atoms with Crippen molar-refractivity contribution < 1.29 is 0 Å². The Bertz CT molecular complexity index is 265. The summed E-state index contributed by atoms with van der Waals surface area (Å²) in [5, 5.41) is 0. The van der Waals surface area contributed by atoms with Gasteiger partial charge in [0, 0.05) is 6.04 Å². The van der Waals surface area contributed by atoms with Crippen LogP contribution in [0.4, 0.5) is 0 Å². The zero-order valence-electron chi connectivity index (χ0n) is 13.7. The van der Waals surface area contributed by atoms with Gasteiger partial charge in [0.15, 0.2) is 0 Å². The molecule has 1 saturated heterocycles. The van der Waals surface area contributed by atoms with Crippen molar-refractivity contribution in [3.63, 3.8) is 0 Å². The van der Waals surface area contributed by atoms with Gasteiger partial charge in [-0.1, -0.05) is 26.2 Å². The van der Waals surface area contributed by atoms with Gasteiger partial charge in [0.05, 0.1) is 0 Å². The summed E-state index contributed by atoms with van der Waals surface area (Å²) in [4.78, 5) is 5.20. The zero-order valence-corrected chi connectivity index (χ0v) is 13.7. The molecule has 1 aliphatic carbocycles. The summed E-state index contributed by atoms with van der Waals surface area (Å²) >= 11 is 0. The summed E-state index contributed by atoms with van der Waals surface area (Å²) in [6.07, 6.45) is 11.0. The second kappa shape index (κ2) is 7.77. The van der Waals surface area contributed by atoms with Crippen LogP contribution in [-0.4, -0.2) is 55.6 Å². The Labute approximate surface area is 125 Å². The molecule has 0 aromatic heterocycles. The first kappa shape index (κ1) is 16.3. The maximum atomic E-state index is 6.11. The van der Waals surface area contributed by atoms with E-state index in [2.05, 4.69) is 23.8 Å². The average molecular weight is 281 g/mol. The van der Waals surface area contributed by atoms with E-state index in [0.717, 1.165) is 12.6 Å². The van der Waals surface area contributed by atoms with Gasteiger partial charge in [-0.2, -0.15) is 0 Å². The normalized spacial score (nSPS) is 25.2. The molecule has 3 nitrogen and oxygen atoms in total. The molecule has 0 bridgehead atoms. The first-order valence-corrected chi connectivity index (χ1v) is 8.82. The molecule has 20 heavy (non-hydrogen) atoms. The van der Waals surface area contributed by atoms with Crippen LogP contribution in [0.1, 0.15) is 58.3 Å². The van der Waals surface area contributed by atoms with Crippen molar-refractivity contribution in [1.82, 2.24) is 9.80 Å². The molecule has 2 rings (SSSR count). The quantitative estimate of drug-likeness (QED) is 0.812. The van der Waals surface area contributed by atoms with Crippen molar-refractivity contribution in [3.05, 3.63) is 0 Å². The lowest BCUT2D eigenvalue weighted by Gasteiger charge is -2.40. The summed E-state index contributed by atoms with van der Waals surface area (Å²) in [7, 11) is 2.33. The highest BCUT2D eigenvalue weighted by molar-refractivity contribution is 4.86. The van der Waals surface area contributed by atoms with Crippen LogP contribution in [-0.2, 0) is 0 Å². The number of hydrogen-bond donors (Lipinski definition) is 1. The van der Waals surface area contributed by atoms with Crippen molar-refractivity contribution >= 4 is 0 Å². The van der Waals surface area contributed by atoms with Gasteiger partial charge in [-0.15, -0.1) is 0 Å². The van der Waals surface area contributed by atoms with Crippen LogP contribution in [0.25, 0.3) is 0 Å². The van der Waals surface area contributed by atoms with Gasteiger partial charge >= 0.3 is 0 Å². The van der Waals surface area contributed by atoms with E-state index in [9.17, 15) is 0 Å². The third-order valence-electron chi connectivity index (χ3n) is 5.97. The number of nitrogens with two attached hydrogens (primary N) is 1. The molecule has 1 heterocycles. The lowest BCUT2D eigenvalue weighted by atomic mass is 9.72. The van der Waals surface area contributed by atoms with E-state index in [1.165, 1.54) is 77.5 Å². The van der Waals surface area contributed by atoms with E-state index in [1.54, 1.807) is 0 Å². The zero-order chi connectivity index (χ0) is 14.4. The molecule has 2 N–H and O–H groups in total. The van der Waals surface area contributed by atoms with Crippen LogP contribution in [0.5, 0.6) is 0 Å². The molecule has 0 aromatic rings. The predicted octanol–water partition coefficient (Wildman–Crippen LogP) is 2.70. The summed E-state index contributed by atoms with van der Waals surface area (Å²) in [5.41, 5.74) is 6.58.